The van der Waals surface area contributed by atoms with E-state index in [1.165, 1.54) is 0 Å². The number of hydrogen-bond donors (Lipinski definition) is 2. The van der Waals surface area contributed by atoms with Crippen LogP contribution < -0.4 is 10.5 Å². The van der Waals surface area contributed by atoms with Crippen LogP contribution in [-0.4, -0.2) is 39.5 Å². The highest BCUT2D eigenvalue weighted by Gasteiger charge is 2.26. The largest absolute Gasteiger partial charge is 0.381 e. The summed E-state index contributed by atoms with van der Waals surface area (Å²) in [6, 6.07) is 0. The number of nitrogens with one attached hydrogen (secondary N) is 1. The molecule has 6 heteroatoms. The summed E-state index contributed by atoms with van der Waals surface area (Å²) in [5.41, 5.74) is 4.97. The van der Waals surface area contributed by atoms with Crippen molar-refractivity contribution in [3.05, 3.63) is 0 Å². The molecule has 0 aliphatic heterocycles. The lowest BCUT2D eigenvalue weighted by Gasteiger charge is -2.27. The van der Waals surface area contributed by atoms with E-state index in [1.807, 2.05) is 13.8 Å². The Labute approximate surface area is 92.4 Å². The molecule has 0 heterocycles. The van der Waals surface area contributed by atoms with Crippen LogP contribution in [0.15, 0.2) is 0 Å². The number of rotatable bonds is 8. The summed E-state index contributed by atoms with van der Waals surface area (Å²) in [5.74, 6) is -0.0174. The Morgan fingerprint density at radius 1 is 1.40 bits per heavy atom. The third-order valence-corrected chi connectivity index (χ3v) is 3.84. The topological polar surface area (TPSA) is 81.4 Å². The highest BCUT2D eigenvalue weighted by atomic mass is 32.2. The van der Waals surface area contributed by atoms with Crippen molar-refractivity contribution in [3.8, 4) is 0 Å². The Balaban J connectivity index is 4.24. The molecule has 0 aromatic carbocycles. The Hall–Kier alpha value is -0.170. The van der Waals surface area contributed by atoms with E-state index in [-0.39, 0.29) is 18.9 Å². The molecule has 0 spiro atoms. The molecule has 0 aliphatic carbocycles. The van der Waals surface area contributed by atoms with Gasteiger partial charge in [-0.15, -0.1) is 0 Å². The van der Waals surface area contributed by atoms with Gasteiger partial charge in [0.1, 0.15) is 0 Å². The minimum absolute atomic E-state index is 0.0174. The van der Waals surface area contributed by atoms with E-state index in [9.17, 15) is 8.42 Å². The molecule has 0 bridgehead atoms. The monoisotopic (exact) mass is 238 g/mol. The maximum Gasteiger partial charge on any atom is 0.214 e. The summed E-state index contributed by atoms with van der Waals surface area (Å²) >= 11 is 0. The molecule has 0 amide bonds. The minimum atomic E-state index is -3.29. The van der Waals surface area contributed by atoms with Crippen LogP contribution >= 0.6 is 0 Å². The molecular formula is C9H22N2O3S. The second-order valence-corrected chi connectivity index (χ2v) is 5.58. The minimum Gasteiger partial charge on any atom is -0.381 e. The predicted molar refractivity (Wildman–Crippen MR) is 61.2 cm³/mol. The molecule has 1 atom stereocenters. The van der Waals surface area contributed by atoms with E-state index in [1.54, 1.807) is 6.92 Å². The molecule has 15 heavy (non-hydrogen) atoms. The number of nitrogens with two attached hydrogens (primary N) is 1. The van der Waals surface area contributed by atoms with Crippen LogP contribution in [-0.2, 0) is 14.8 Å². The van der Waals surface area contributed by atoms with Crippen LogP contribution in [0.1, 0.15) is 27.2 Å². The van der Waals surface area contributed by atoms with Crippen LogP contribution in [0.5, 0.6) is 0 Å². The summed E-state index contributed by atoms with van der Waals surface area (Å²) in [7, 11) is -3.29. The molecule has 1 unspecified atom stereocenters. The molecule has 0 aromatic heterocycles. The molecule has 0 aliphatic rings. The Morgan fingerprint density at radius 2 is 2.00 bits per heavy atom. The van der Waals surface area contributed by atoms with Gasteiger partial charge in [-0.1, -0.05) is 6.92 Å². The highest BCUT2D eigenvalue weighted by molar-refractivity contribution is 7.89. The fourth-order valence-electron chi connectivity index (χ4n) is 0.998. The molecule has 3 N–H and O–H groups in total. The van der Waals surface area contributed by atoms with E-state index in [0.717, 1.165) is 0 Å². The summed E-state index contributed by atoms with van der Waals surface area (Å²) in [6.07, 6.45) is 0.664. The van der Waals surface area contributed by atoms with Crippen LogP contribution in [0.25, 0.3) is 0 Å². The van der Waals surface area contributed by atoms with Crippen molar-refractivity contribution >= 4 is 10.0 Å². The summed E-state index contributed by atoms with van der Waals surface area (Å²) in [6.45, 7) is 6.56. The Morgan fingerprint density at radius 3 is 2.40 bits per heavy atom. The van der Waals surface area contributed by atoms with E-state index >= 15 is 0 Å². The van der Waals surface area contributed by atoms with Gasteiger partial charge in [-0.3, -0.25) is 0 Å². The molecule has 0 saturated heterocycles. The van der Waals surface area contributed by atoms with Crippen LogP contribution in [0.3, 0.4) is 0 Å². The van der Waals surface area contributed by atoms with Crippen molar-refractivity contribution < 1.29 is 13.2 Å². The third-order valence-electron chi connectivity index (χ3n) is 2.33. The van der Waals surface area contributed by atoms with Gasteiger partial charge in [0.15, 0.2) is 0 Å². The maximum atomic E-state index is 11.6. The number of hydrogen-bond acceptors (Lipinski definition) is 4. The molecular weight excluding hydrogens is 216 g/mol. The number of sulfonamides is 1. The lowest BCUT2D eigenvalue weighted by molar-refractivity contribution is 0.163. The first-order chi connectivity index (χ1) is 6.89. The zero-order valence-corrected chi connectivity index (χ0v) is 10.6. The lowest BCUT2D eigenvalue weighted by atomic mass is 10.0. The lowest BCUT2D eigenvalue weighted by Crippen LogP contribution is -2.51. The SMILES string of the molecule is CCOCCS(=O)(=O)NC(C)(CC)CN. The van der Waals surface area contributed by atoms with Crippen molar-refractivity contribution in [2.75, 3.05) is 25.5 Å². The molecule has 0 rings (SSSR count). The summed E-state index contributed by atoms with van der Waals surface area (Å²) in [4.78, 5) is 0. The standard InChI is InChI=1S/C9H22N2O3S/c1-4-9(3,8-10)11-15(12,13)7-6-14-5-2/h11H,4-8,10H2,1-3H3. The molecule has 0 aromatic rings. The van der Waals surface area contributed by atoms with Crippen LogP contribution in [0.2, 0.25) is 0 Å². The van der Waals surface area contributed by atoms with Gasteiger partial charge in [-0.05, 0) is 20.3 Å². The average Bonchev–Trinajstić information content (AvgIpc) is 2.17. The molecule has 92 valence electrons. The smallest absolute Gasteiger partial charge is 0.214 e. The van der Waals surface area contributed by atoms with Gasteiger partial charge in [0.05, 0.1) is 12.4 Å². The fourth-order valence-corrected chi connectivity index (χ4v) is 2.42. The maximum absolute atomic E-state index is 11.6. The van der Waals surface area contributed by atoms with Crippen molar-refractivity contribution in [1.29, 1.82) is 0 Å². The van der Waals surface area contributed by atoms with Gasteiger partial charge < -0.3 is 10.5 Å². The van der Waals surface area contributed by atoms with Crippen molar-refractivity contribution in [2.45, 2.75) is 32.7 Å². The third kappa shape index (κ3) is 6.09. The highest BCUT2D eigenvalue weighted by Crippen LogP contribution is 2.08. The molecule has 5 nitrogen and oxygen atoms in total. The summed E-state index contributed by atoms with van der Waals surface area (Å²) < 4.78 is 30.8. The zero-order valence-electron chi connectivity index (χ0n) is 9.75. The normalized spacial score (nSPS) is 16.3. The first kappa shape index (κ1) is 14.8. The van der Waals surface area contributed by atoms with Gasteiger partial charge in [0, 0.05) is 18.7 Å². The zero-order chi connectivity index (χ0) is 11.9. The first-order valence-corrected chi connectivity index (χ1v) is 6.84. The van der Waals surface area contributed by atoms with E-state index < -0.39 is 15.6 Å². The number of ether oxygens (including phenoxy) is 1. The molecule has 0 fully saturated rings. The van der Waals surface area contributed by atoms with Gasteiger partial charge in [0.2, 0.25) is 10.0 Å². The Bertz CT molecular complexity index is 261. The average molecular weight is 238 g/mol. The Kier molecular flexibility index (Phi) is 6.35. The predicted octanol–water partition coefficient (Wildman–Crippen LogP) is 0.0697. The quantitative estimate of drug-likeness (QED) is 0.586. The van der Waals surface area contributed by atoms with Crippen LogP contribution in [0, 0.1) is 0 Å². The van der Waals surface area contributed by atoms with E-state index in [2.05, 4.69) is 4.72 Å². The second-order valence-electron chi connectivity index (χ2n) is 3.74. The van der Waals surface area contributed by atoms with E-state index in [4.69, 9.17) is 10.5 Å². The first-order valence-electron chi connectivity index (χ1n) is 5.18. The molecule has 0 saturated carbocycles. The van der Waals surface area contributed by atoms with E-state index in [0.29, 0.717) is 13.0 Å². The van der Waals surface area contributed by atoms with Crippen LogP contribution in [0.4, 0.5) is 0 Å². The van der Waals surface area contributed by atoms with Crippen molar-refractivity contribution in [1.82, 2.24) is 4.72 Å². The van der Waals surface area contributed by atoms with Gasteiger partial charge >= 0.3 is 0 Å². The molecule has 0 radical (unpaired) electrons. The summed E-state index contributed by atoms with van der Waals surface area (Å²) in [5, 5.41) is 0. The van der Waals surface area contributed by atoms with Gasteiger partial charge in [0.25, 0.3) is 0 Å². The van der Waals surface area contributed by atoms with Crippen molar-refractivity contribution in [3.63, 3.8) is 0 Å². The van der Waals surface area contributed by atoms with Crippen molar-refractivity contribution in [2.24, 2.45) is 5.73 Å². The van der Waals surface area contributed by atoms with Gasteiger partial charge in [-0.25, -0.2) is 13.1 Å². The second kappa shape index (κ2) is 6.42. The fraction of sp³-hybridized carbons (Fsp3) is 1.00. The van der Waals surface area contributed by atoms with Gasteiger partial charge in [-0.2, -0.15) is 0 Å².